The zero-order valence-electron chi connectivity index (χ0n) is 17.2. The maximum absolute atomic E-state index is 11.9. The number of benzene rings is 1. The van der Waals surface area contributed by atoms with Crippen molar-refractivity contribution in [3.8, 4) is 5.75 Å². The molecule has 0 bridgehead atoms. The average molecular weight is 385 g/mol. The van der Waals surface area contributed by atoms with Crippen molar-refractivity contribution in [3.63, 3.8) is 0 Å². The van der Waals surface area contributed by atoms with Crippen molar-refractivity contribution in [1.82, 2.24) is 15.2 Å². The fourth-order valence-electron chi connectivity index (χ4n) is 2.95. The fourth-order valence-corrected chi connectivity index (χ4v) is 2.95. The zero-order valence-corrected chi connectivity index (χ0v) is 17.2. The van der Waals surface area contributed by atoms with E-state index in [9.17, 15) is 4.79 Å². The number of hydrogen-bond acceptors (Lipinski definition) is 3. The molecule has 2 aromatic rings. The molecule has 0 fully saturated rings. The van der Waals surface area contributed by atoms with Crippen LogP contribution in [0.3, 0.4) is 0 Å². The first-order valence-electron chi connectivity index (χ1n) is 10.0. The quantitative estimate of drug-likeness (QED) is 0.375. The largest absolute Gasteiger partial charge is 0.494 e. The van der Waals surface area contributed by atoms with Crippen LogP contribution in [0.15, 0.2) is 52.3 Å². The minimum Gasteiger partial charge on any atom is -0.494 e. The van der Waals surface area contributed by atoms with E-state index in [1.807, 2.05) is 48.7 Å². The third-order valence-corrected chi connectivity index (χ3v) is 4.39. The number of nitrogens with one attached hydrogen (secondary N) is 2. The minimum absolute atomic E-state index is 0.0656. The van der Waals surface area contributed by atoms with Crippen LogP contribution in [0.4, 0.5) is 0 Å². The van der Waals surface area contributed by atoms with Crippen LogP contribution in [0.25, 0.3) is 0 Å². The van der Waals surface area contributed by atoms with Crippen LogP contribution in [-0.2, 0) is 13.1 Å². The van der Waals surface area contributed by atoms with Gasteiger partial charge in [-0.2, -0.15) is 0 Å². The van der Waals surface area contributed by atoms with Crippen LogP contribution in [0.1, 0.15) is 37.9 Å². The molecule has 152 valence electrons. The summed E-state index contributed by atoms with van der Waals surface area (Å²) in [6.07, 6.45) is 1.89. The Labute approximate surface area is 167 Å². The highest BCUT2D eigenvalue weighted by molar-refractivity contribution is 5.79. The normalized spacial score (nSPS) is 11.3. The van der Waals surface area contributed by atoms with Crippen molar-refractivity contribution < 1.29 is 4.74 Å². The molecule has 6 heteroatoms. The van der Waals surface area contributed by atoms with Gasteiger partial charge in [-0.1, -0.05) is 24.3 Å². The second-order valence-electron chi connectivity index (χ2n) is 6.53. The van der Waals surface area contributed by atoms with E-state index in [2.05, 4.69) is 22.5 Å². The van der Waals surface area contributed by atoms with E-state index >= 15 is 0 Å². The Morgan fingerprint density at radius 1 is 1.07 bits per heavy atom. The van der Waals surface area contributed by atoms with Gasteiger partial charge in [0.25, 0.3) is 5.56 Å². The molecule has 1 heterocycles. The Hall–Kier alpha value is -2.76. The van der Waals surface area contributed by atoms with Crippen LogP contribution in [0.2, 0.25) is 0 Å². The summed E-state index contributed by atoms with van der Waals surface area (Å²) < 4.78 is 7.49. The second-order valence-corrected chi connectivity index (χ2v) is 6.53. The van der Waals surface area contributed by atoms with Crippen molar-refractivity contribution in [2.24, 2.45) is 4.99 Å². The van der Waals surface area contributed by atoms with E-state index in [1.54, 1.807) is 12.1 Å². The number of aromatic nitrogens is 1. The molecule has 1 aromatic heterocycles. The molecule has 0 aliphatic rings. The molecule has 0 aliphatic carbocycles. The van der Waals surface area contributed by atoms with Crippen molar-refractivity contribution in [1.29, 1.82) is 0 Å². The van der Waals surface area contributed by atoms with E-state index in [4.69, 9.17) is 4.74 Å². The number of pyridine rings is 1. The Kier molecular flexibility index (Phi) is 9.11. The van der Waals surface area contributed by atoms with Gasteiger partial charge < -0.3 is 19.9 Å². The maximum atomic E-state index is 11.9. The summed E-state index contributed by atoms with van der Waals surface area (Å²) in [6, 6.07) is 13.4. The first-order valence-corrected chi connectivity index (χ1v) is 10.0. The van der Waals surface area contributed by atoms with Crippen molar-refractivity contribution in [2.75, 3.05) is 19.7 Å². The van der Waals surface area contributed by atoms with Crippen molar-refractivity contribution in [2.45, 2.75) is 46.7 Å². The van der Waals surface area contributed by atoms with E-state index in [0.29, 0.717) is 13.2 Å². The van der Waals surface area contributed by atoms with Gasteiger partial charge in [-0.05, 0) is 45.7 Å². The van der Waals surface area contributed by atoms with Crippen LogP contribution in [0, 0.1) is 6.92 Å². The van der Waals surface area contributed by atoms with Gasteiger partial charge in [-0.25, -0.2) is 4.99 Å². The summed E-state index contributed by atoms with van der Waals surface area (Å²) in [5.41, 5.74) is 2.14. The molecule has 28 heavy (non-hydrogen) atoms. The Balaban J connectivity index is 1.84. The monoisotopic (exact) mass is 384 g/mol. The molecular formula is C22H32N4O2. The summed E-state index contributed by atoms with van der Waals surface area (Å²) in [5, 5.41) is 6.64. The van der Waals surface area contributed by atoms with E-state index < -0.39 is 0 Å². The molecule has 6 nitrogen and oxygen atoms in total. The van der Waals surface area contributed by atoms with Gasteiger partial charge in [0.2, 0.25) is 0 Å². The lowest BCUT2D eigenvalue weighted by molar-refractivity contribution is 0.336. The summed E-state index contributed by atoms with van der Waals surface area (Å²) in [6.45, 7) is 9.55. The second kappa shape index (κ2) is 11.8. The average Bonchev–Trinajstić information content (AvgIpc) is 2.69. The maximum Gasteiger partial charge on any atom is 0.250 e. The number of hydrogen-bond donors (Lipinski definition) is 2. The number of ether oxygens (including phenoxy) is 1. The van der Waals surface area contributed by atoms with Gasteiger partial charge in [0.15, 0.2) is 5.96 Å². The molecule has 2 N–H and O–H groups in total. The number of aliphatic imine (C=N–C) groups is 1. The summed E-state index contributed by atoms with van der Waals surface area (Å²) in [7, 11) is 0. The molecule has 0 amide bonds. The lowest BCUT2D eigenvalue weighted by Crippen LogP contribution is -2.37. The van der Waals surface area contributed by atoms with Gasteiger partial charge in [0.05, 0.1) is 13.2 Å². The number of rotatable bonds is 10. The number of para-hydroxylation sites is 1. The predicted octanol–water partition coefficient (Wildman–Crippen LogP) is 3.09. The Bertz CT molecular complexity index is 814. The van der Waals surface area contributed by atoms with Crippen molar-refractivity contribution in [3.05, 3.63) is 64.1 Å². The Morgan fingerprint density at radius 2 is 1.89 bits per heavy atom. The molecule has 0 saturated heterocycles. The van der Waals surface area contributed by atoms with Gasteiger partial charge >= 0.3 is 0 Å². The molecule has 0 saturated carbocycles. The summed E-state index contributed by atoms with van der Waals surface area (Å²) in [4.78, 5) is 16.6. The molecule has 0 aliphatic heterocycles. The third kappa shape index (κ3) is 6.76. The van der Waals surface area contributed by atoms with Gasteiger partial charge in [-0.3, -0.25) is 4.79 Å². The summed E-state index contributed by atoms with van der Waals surface area (Å²) >= 11 is 0. The van der Waals surface area contributed by atoms with E-state index in [1.165, 1.54) is 0 Å². The third-order valence-electron chi connectivity index (χ3n) is 4.39. The standard InChI is InChI=1S/C22H32N4O2/c1-4-23-22(25-17-19-12-6-7-13-20(19)28-5-2)24-15-8-9-16-26-18(3)11-10-14-21(26)27/h6-7,10-14H,4-5,8-9,15-17H2,1-3H3,(H2,23,24,25). The SMILES string of the molecule is CCNC(=NCc1ccccc1OCC)NCCCCn1c(C)cccc1=O. The van der Waals surface area contributed by atoms with Crippen LogP contribution < -0.4 is 20.9 Å². The van der Waals surface area contributed by atoms with Gasteiger partial charge in [0, 0.05) is 37.0 Å². The summed E-state index contributed by atoms with van der Waals surface area (Å²) in [5.74, 6) is 1.68. The lowest BCUT2D eigenvalue weighted by atomic mass is 10.2. The Morgan fingerprint density at radius 3 is 2.64 bits per heavy atom. The zero-order chi connectivity index (χ0) is 20.2. The first-order chi connectivity index (χ1) is 13.7. The predicted molar refractivity (Wildman–Crippen MR) is 115 cm³/mol. The molecular weight excluding hydrogens is 352 g/mol. The van der Waals surface area contributed by atoms with Crippen molar-refractivity contribution >= 4 is 5.96 Å². The van der Waals surface area contributed by atoms with Crippen LogP contribution >= 0.6 is 0 Å². The number of nitrogens with zero attached hydrogens (tertiary/aromatic N) is 2. The number of aryl methyl sites for hydroxylation is 1. The highest BCUT2D eigenvalue weighted by Crippen LogP contribution is 2.18. The molecule has 0 atom stereocenters. The van der Waals surface area contributed by atoms with Crippen LogP contribution in [0.5, 0.6) is 5.75 Å². The van der Waals surface area contributed by atoms with E-state index in [-0.39, 0.29) is 5.56 Å². The number of guanidine groups is 1. The molecule has 2 rings (SSSR count). The fraction of sp³-hybridized carbons (Fsp3) is 0.455. The highest BCUT2D eigenvalue weighted by Gasteiger charge is 2.03. The molecule has 0 unspecified atom stereocenters. The number of unbranched alkanes of at least 4 members (excludes halogenated alkanes) is 1. The molecule has 0 spiro atoms. The smallest absolute Gasteiger partial charge is 0.250 e. The van der Waals surface area contributed by atoms with E-state index in [0.717, 1.165) is 55.4 Å². The molecule has 1 aromatic carbocycles. The first kappa shape index (κ1) is 21.5. The molecule has 0 radical (unpaired) electrons. The minimum atomic E-state index is 0.0656. The van der Waals surface area contributed by atoms with Gasteiger partial charge in [-0.15, -0.1) is 0 Å². The van der Waals surface area contributed by atoms with Gasteiger partial charge in [0.1, 0.15) is 5.75 Å². The highest BCUT2D eigenvalue weighted by atomic mass is 16.5. The topological polar surface area (TPSA) is 67.7 Å². The van der Waals surface area contributed by atoms with Crippen LogP contribution in [-0.4, -0.2) is 30.2 Å². The lowest BCUT2D eigenvalue weighted by Gasteiger charge is -2.13.